The number of hydrogen-bond donors (Lipinski definition) is 1. The third-order valence-electron chi connectivity index (χ3n) is 5.10. The van der Waals surface area contributed by atoms with E-state index in [1.54, 1.807) is 6.92 Å². The van der Waals surface area contributed by atoms with Gasteiger partial charge in [0.2, 0.25) is 0 Å². The summed E-state index contributed by atoms with van der Waals surface area (Å²) in [5, 5.41) is 13.6. The standard InChI is InChI=1S/C18H14O2.C11H12O2/c1-12(18(19)20)9-15-7-4-8-16-10-13-5-2-3-6-14(13)11-17(15)16;1-9(2)11(12)13-8-10-6-4-3-5-7-10/h2-8,10-11H,1,9H2,(H,19,20);3-7H,1,8H2,2H3. The number of fused-ring (bicyclic) bond motifs is 2. The van der Waals surface area contributed by atoms with Crippen molar-refractivity contribution in [3.63, 3.8) is 0 Å². The lowest BCUT2D eigenvalue weighted by molar-refractivity contribution is -0.140. The monoisotopic (exact) mass is 438 g/mol. The van der Waals surface area contributed by atoms with E-state index in [4.69, 9.17) is 9.84 Å². The number of carboxylic acids is 1. The highest BCUT2D eigenvalue weighted by Crippen LogP contribution is 2.26. The number of carbonyl (C=O) groups is 2. The van der Waals surface area contributed by atoms with E-state index in [1.165, 1.54) is 5.39 Å². The lowest BCUT2D eigenvalue weighted by atomic mass is 9.96. The summed E-state index contributed by atoms with van der Waals surface area (Å²) in [6, 6.07) is 28.0. The number of carboxylic acid groups (broad SMARTS) is 1. The van der Waals surface area contributed by atoms with Gasteiger partial charge in [0, 0.05) is 17.6 Å². The van der Waals surface area contributed by atoms with Crippen LogP contribution in [0.5, 0.6) is 0 Å². The predicted molar refractivity (Wildman–Crippen MR) is 133 cm³/mol. The van der Waals surface area contributed by atoms with Crippen LogP contribution in [-0.2, 0) is 27.4 Å². The lowest BCUT2D eigenvalue weighted by Crippen LogP contribution is -2.04. The Labute approximate surface area is 193 Å². The van der Waals surface area contributed by atoms with Crippen molar-refractivity contribution >= 4 is 33.5 Å². The highest BCUT2D eigenvalue weighted by atomic mass is 16.5. The molecule has 0 aliphatic heterocycles. The number of hydrogen-bond acceptors (Lipinski definition) is 3. The van der Waals surface area contributed by atoms with Crippen molar-refractivity contribution in [3.05, 3.63) is 120 Å². The molecule has 0 atom stereocenters. The molecule has 0 unspecified atom stereocenters. The van der Waals surface area contributed by atoms with Crippen molar-refractivity contribution in [2.75, 3.05) is 0 Å². The lowest BCUT2D eigenvalue weighted by Gasteiger charge is -2.08. The zero-order valence-corrected chi connectivity index (χ0v) is 18.6. The summed E-state index contributed by atoms with van der Waals surface area (Å²) >= 11 is 0. The van der Waals surface area contributed by atoms with Crippen molar-refractivity contribution in [2.45, 2.75) is 20.0 Å². The minimum Gasteiger partial charge on any atom is -0.478 e. The molecule has 0 fully saturated rings. The molecule has 1 N–H and O–H groups in total. The molecular weight excluding hydrogens is 412 g/mol. The molecule has 0 spiro atoms. The third-order valence-corrected chi connectivity index (χ3v) is 5.10. The normalized spacial score (nSPS) is 10.2. The minimum atomic E-state index is -0.942. The fraction of sp³-hybridized carbons (Fsp3) is 0.103. The molecule has 4 nitrogen and oxygen atoms in total. The number of aliphatic carboxylic acids is 1. The molecule has 4 aromatic carbocycles. The first-order chi connectivity index (χ1) is 15.8. The van der Waals surface area contributed by atoms with Gasteiger partial charge in [-0.05, 0) is 51.7 Å². The van der Waals surface area contributed by atoms with Crippen molar-refractivity contribution in [1.29, 1.82) is 0 Å². The maximum Gasteiger partial charge on any atom is 0.333 e. The highest BCUT2D eigenvalue weighted by molar-refractivity contribution is 6.00. The molecule has 0 bridgehead atoms. The fourth-order valence-corrected chi connectivity index (χ4v) is 3.34. The van der Waals surface area contributed by atoms with E-state index in [2.05, 4.69) is 43.5 Å². The molecule has 0 saturated heterocycles. The quantitative estimate of drug-likeness (QED) is 0.213. The number of rotatable bonds is 6. The molecule has 0 radical (unpaired) electrons. The summed E-state index contributed by atoms with van der Waals surface area (Å²) in [6.45, 7) is 9.06. The van der Waals surface area contributed by atoms with Crippen LogP contribution in [0.15, 0.2) is 109 Å². The fourth-order valence-electron chi connectivity index (χ4n) is 3.34. The van der Waals surface area contributed by atoms with Gasteiger partial charge in [0.05, 0.1) is 0 Å². The van der Waals surface area contributed by atoms with Crippen LogP contribution < -0.4 is 0 Å². The first-order valence-corrected chi connectivity index (χ1v) is 10.5. The van der Waals surface area contributed by atoms with Gasteiger partial charge >= 0.3 is 11.9 Å². The molecule has 166 valence electrons. The van der Waals surface area contributed by atoms with Gasteiger partial charge in [-0.1, -0.05) is 86.0 Å². The first kappa shape index (κ1) is 23.5. The maximum absolute atomic E-state index is 11.0. The van der Waals surface area contributed by atoms with E-state index in [1.807, 2.05) is 54.6 Å². The SMILES string of the molecule is C=C(C)C(=O)OCc1ccccc1.C=C(Cc1cccc2cc3ccccc3cc12)C(=O)O. The molecule has 33 heavy (non-hydrogen) atoms. The molecule has 4 rings (SSSR count). The van der Waals surface area contributed by atoms with Crippen LogP contribution in [0.3, 0.4) is 0 Å². The summed E-state index contributed by atoms with van der Waals surface area (Å²) in [7, 11) is 0. The second-order valence-corrected chi connectivity index (χ2v) is 7.77. The molecule has 0 amide bonds. The van der Waals surface area contributed by atoms with Crippen LogP contribution in [0.4, 0.5) is 0 Å². The van der Waals surface area contributed by atoms with Crippen LogP contribution in [0.1, 0.15) is 18.1 Å². The number of carbonyl (C=O) groups excluding carboxylic acids is 1. The predicted octanol–water partition coefficient (Wildman–Crippen LogP) is 6.48. The van der Waals surface area contributed by atoms with Gasteiger partial charge in [0.15, 0.2) is 0 Å². The van der Waals surface area contributed by atoms with Gasteiger partial charge in [0.25, 0.3) is 0 Å². The van der Waals surface area contributed by atoms with Crippen molar-refractivity contribution in [1.82, 2.24) is 0 Å². The largest absolute Gasteiger partial charge is 0.478 e. The Hall–Kier alpha value is -4.18. The van der Waals surface area contributed by atoms with E-state index in [-0.39, 0.29) is 11.5 Å². The van der Waals surface area contributed by atoms with Gasteiger partial charge in [0.1, 0.15) is 6.61 Å². The Morgan fingerprint density at radius 3 is 2.06 bits per heavy atom. The molecular formula is C29H26O4. The molecule has 0 heterocycles. The summed E-state index contributed by atoms with van der Waals surface area (Å²) in [5.74, 6) is -1.29. The van der Waals surface area contributed by atoms with Crippen molar-refractivity contribution in [3.8, 4) is 0 Å². The maximum atomic E-state index is 11.0. The Kier molecular flexibility index (Phi) is 7.77. The summed E-state index contributed by atoms with van der Waals surface area (Å²) in [6.07, 6.45) is 0.366. The number of ether oxygens (including phenoxy) is 1. The second kappa shape index (κ2) is 10.9. The topological polar surface area (TPSA) is 63.6 Å². The van der Waals surface area contributed by atoms with Gasteiger partial charge in [-0.2, -0.15) is 0 Å². The molecule has 4 aromatic rings. The van der Waals surface area contributed by atoms with E-state index in [9.17, 15) is 9.59 Å². The zero-order chi connectivity index (χ0) is 23.8. The number of benzene rings is 4. The van der Waals surface area contributed by atoms with E-state index >= 15 is 0 Å². The van der Waals surface area contributed by atoms with E-state index < -0.39 is 5.97 Å². The van der Waals surface area contributed by atoms with Gasteiger partial charge in [-0.3, -0.25) is 0 Å². The molecule has 0 aliphatic rings. The second-order valence-electron chi connectivity index (χ2n) is 7.77. The number of esters is 1. The third kappa shape index (κ3) is 6.40. The van der Waals surface area contributed by atoms with Crippen molar-refractivity contribution in [2.24, 2.45) is 0 Å². The van der Waals surface area contributed by atoms with E-state index in [0.29, 0.717) is 18.6 Å². The summed E-state index contributed by atoms with van der Waals surface area (Å²) in [5.41, 5.74) is 2.62. The Morgan fingerprint density at radius 1 is 0.818 bits per heavy atom. The zero-order valence-electron chi connectivity index (χ0n) is 18.6. The Morgan fingerprint density at radius 2 is 1.42 bits per heavy atom. The Balaban J connectivity index is 0.000000205. The van der Waals surface area contributed by atoms with Crippen LogP contribution >= 0.6 is 0 Å². The molecule has 0 saturated carbocycles. The van der Waals surface area contributed by atoms with E-state index in [0.717, 1.165) is 27.3 Å². The van der Waals surface area contributed by atoms with Crippen LogP contribution in [0.25, 0.3) is 21.5 Å². The molecule has 0 aliphatic carbocycles. The van der Waals surface area contributed by atoms with Gasteiger partial charge in [-0.15, -0.1) is 0 Å². The Bertz CT molecular complexity index is 1320. The molecule has 0 aromatic heterocycles. The summed E-state index contributed by atoms with van der Waals surface area (Å²) in [4.78, 5) is 21.9. The van der Waals surface area contributed by atoms with Crippen LogP contribution in [0.2, 0.25) is 0 Å². The minimum absolute atomic E-state index is 0.214. The smallest absolute Gasteiger partial charge is 0.333 e. The summed E-state index contributed by atoms with van der Waals surface area (Å²) < 4.78 is 4.95. The van der Waals surface area contributed by atoms with Crippen molar-refractivity contribution < 1.29 is 19.4 Å². The highest BCUT2D eigenvalue weighted by Gasteiger charge is 2.09. The molecule has 4 heteroatoms. The van der Waals surface area contributed by atoms with Gasteiger partial charge in [-0.25, -0.2) is 9.59 Å². The first-order valence-electron chi connectivity index (χ1n) is 10.5. The average Bonchev–Trinajstić information content (AvgIpc) is 2.82. The van der Waals surface area contributed by atoms with Crippen LogP contribution in [0, 0.1) is 0 Å². The average molecular weight is 439 g/mol. The van der Waals surface area contributed by atoms with Crippen LogP contribution in [-0.4, -0.2) is 17.0 Å². The van der Waals surface area contributed by atoms with Gasteiger partial charge < -0.3 is 9.84 Å².